The summed E-state index contributed by atoms with van der Waals surface area (Å²) in [5.74, 6) is 0.416. The zero-order chi connectivity index (χ0) is 15.9. The highest BCUT2D eigenvalue weighted by molar-refractivity contribution is 6.00. The summed E-state index contributed by atoms with van der Waals surface area (Å²) in [5, 5.41) is 5.92. The molecule has 1 aromatic rings. The fourth-order valence-corrected chi connectivity index (χ4v) is 2.52. The van der Waals surface area contributed by atoms with Gasteiger partial charge < -0.3 is 20.3 Å². The fourth-order valence-electron chi connectivity index (χ4n) is 2.52. The van der Waals surface area contributed by atoms with Crippen LogP contribution in [0.2, 0.25) is 0 Å². The molecule has 23 heavy (non-hydrogen) atoms. The highest BCUT2D eigenvalue weighted by Crippen LogP contribution is 2.26. The molecule has 0 aromatic heterocycles. The third-order valence-electron chi connectivity index (χ3n) is 3.78. The number of carbonyl (C=O) groups excluding carboxylic acids is 2. The van der Waals surface area contributed by atoms with Crippen molar-refractivity contribution in [1.82, 2.24) is 10.6 Å². The molecule has 1 aliphatic heterocycles. The summed E-state index contributed by atoms with van der Waals surface area (Å²) in [6, 6.07) is 7.30. The van der Waals surface area contributed by atoms with E-state index in [1.165, 1.54) is 0 Å². The van der Waals surface area contributed by atoms with E-state index in [1.807, 2.05) is 31.3 Å². The maximum Gasteiger partial charge on any atom is 0.227 e. The number of anilines is 1. The molecule has 1 aliphatic rings. The van der Waals surface area contributed by atoms with Gasteiger partial charge in [0.25, 0.3) is 0 Å². The van der Waals surface area contributed by atoms with Gasteiger partial charge in [-0.3, -0.25) is 9.59 Å². The largest absolute Gasteiger partial charge is 0.497 e. The minimum absolute atomic E-state index is 0. The van der Waals surface area contributed by atoms with Crippen molar-refractivity contribution in [3.05, 3.63) is 24.3 Å². The van der Waals surface area contributed by atoms with Gasteiger partial charge in [-0.15, -0.1) is 12.4 Å². The number of rotatable bonds is 7. The second-order valence-electron chi connectivity index (χ2n) is 5.35. The van der Waals surface area contributed by atoms with E-state index in [9.17, 15) is 9.59 Å². The van der Waals surface area contributed by atoms with Crippen LogP contribution in [0.5, 0.6) is 5.75 Å². The number of methoxy groups -OCH3 is 1. The van der Waals surface area contributed by atoms with Crippen LogP contribution in [0.15, 0.2) is 24.3 Å². The number of hydrogen-bond acceptors (Lipinski definition) is 4. The molecule has 128 valence electrons. The summed E-state index contributed by atoms with van der Waals surface area (Å²) in [4.78, 5) is 25.9. The molecule has 7 heteroatoms. The van der Waals surface area contributed by atoms with Crippen LogP contribution in [-0.2, 0) is 9.59 Å². The molecule has 2 amide bonds. The summed E-state index contributed by atoms with van der Waals surface area (Å²) in [5.41, 5.74) is 0.802. The molecule has 0 saturated carbocycles. The zero-order valence-electron chi connectivity index (χ0n) is 13.5. The number of benzene rings is 1. The maximum atomic E-state index is 12.1. The van der Waals surface area contributed by atoms with Gasteiger partial charge in [0.05, 0.1) is 13.0 Å². The first-order valence-corrected chi connectivity index (χ1v) is 7.52. The van der Waals surface area contributed by atoms with Crippen LogP contribution in [0, 0.1) is 5.92 Å². The zero-order valence-corrected chi connectivity index (χ0v) is 14.3. The van der Waals surface area contributed by atoms with Crippen molar-refractivity contribution < 1.29 is 14.3 Å². The van der Waals surface area contributed by atoms with Crippen molar-refractivity contribution >= 4 is 29.9 Å². The third kappa shape index (κ3) is 5.11. The minimum Gasteiger partial charge on any atom is -0.497 e. The van der Waals surface area contributed by atoms with Crippen molar-refractivity contribution in [2.45, 2.75) is 12.8 Å². The maximum absolute atomic E-state index is 12.1. The first kappa shape index (κ1) is 19.3. The molecular weight excluding hydrogens is 318 g/mol. The molecule has 2 N–H and O–H groups in total. The second-order valence-corrected chi connectivity index (χ2v) is 5.35. The van der Waals surface area contributed by atoms with Crippen LogP contribution in [0.25, 0.3) is 0 Å². The molecule has 2 rings (SSSR count). The van der Waals surface area contributed by atoms with Gasteiger partial charge in [-0.25, -0.2) is 0 Å². The molecule has 0 spiro atoms. The first-order chi connectivity index (χ1) is 10.7. The standard InChI is InChI=1S/C16H23N3O3.ClH/c1-17-8-3-9-18-16(21)12-10-15(20)19(11-12)13-4-6-14(22-2)7-5-13;/h4-7,12,17H,3,8-11H2,1-2H3,(H,18,21);1H. The predicted molar refractivity (Wildman–Crippen MR) is 92.3 cm³/mol. The molecule has 6 nitrogen and oxygen atoms in total. The van der Waals surface area contributed by atoms with Gasteiger partial charge in [-0.05, 0) is 44.3 Å². The van der Waals surface area contributed by atoms with E-state index in [1.54, 1.807) is 12.0 Å². The topological polar surface area (TPSA) is 70.7 Å². The SMILES string of the molecule is CNCCCNC(=O)C1CC(=O)N(c2ccc(OC)cc2)C1.Cl. The fraction of sp³-hybridized carbons (Fsp3) is 0.500. The molecule has 1 atom stereocenters. The molecule has 1 unspecified atom stereocenters. The van der Waals surface area contributed by atoms with E-state index >= 15 is 0 Å². The van der Waals surface area contributed by atoms with Gasteiger partial charge >= 0.3 is 0 Å². The quantitative estimate of drug-likeness (QED) is 0.731. The van der Waals surface area contributed by atoms with Crippen molar-refractivity contribution in [3.63, 3.8) is 0 Å². The minimum atomic E-state index is -0.274. The number of carbonyl (C=O) groups is 2. The van der Waals surface area contributed by atoms with Crippen LogP contribution < -0.4 is 20.3 Å². The molecule has 0 radical (unpaired) electrons. The average Bonchev–Trinajstić information content (AvgIpc) is 2.93. The highest BCUT2D eigenvalue weighted by atomic mass is 35.5. The van der Waals surface area contributed by atoms with Crippen molar-refractivity contribution in [1.29, 1.82) is 0 Å². The summed E-state index contributed by atoms with van der Waals surface area (Å²) >= 11 is 0. The molecule has 1 fully saturated rings. The molecule has 1 heterocycles. The van der Waals surface area contributed by atoms with E-state index in [4.69, 9.17) is 4.74 Å². The van der Waals surface area contributed by atoms with Crippen LogP contribution in [0.4, 0.5) is 5.69 Å². The molecule has 0 aliphatic carbocycles. The molecular formula is C16H24ClN3O3. The summed E-state index contributed by atoms with van der Waals surface area (Å²) < 4.78 is 5.11. The number of amides is 2. The van der Waals surface area contributed by atoms with E-state index in [0.717, 1.165) is 24.4 Å². The van der Waals surface area contributed by atoms with Crippen molar-refractivity contribution in [2.24, 2.45) is 5.92 Å². The Morgan fingerprint density at radius 2 is 2.00 bits per heavy atom. The summed E-state index contributed by atoms with van der Waals surface area (Å²) in [6.45, 7) is 1.93. The Hall–Kier alpha value is -1.79. The van der Waals surface area contributed by atoms with Gasteiger partial charge in [0.2, 0.25) is 11.8 Å². The predicted octanol–water partition coefficient (Wildman–Crippen LogP) is 1.20. The van der Waals surface area contributed by atoms with Gasteiger partial charge in [0.15, 0.2) is 0 Å². The van der Waals surface area contributed by atoms with Crippen LogP contribution in [0.1, 0.15) is 12.8 Å². The lowest BCUT2D eigenvalue weighted by atomic mass is 10.1. The molecule has 0 bridgehead atoms. The van der Waals surface area contributed by atoms with Gasteiger partial charge in [0, 0.05) is 25.2 Å². The lowest BCUT2D eigenvalue weighted by molar-refractivity contribution is -0.126. The van der Waals surface area contributed by atoms with Gasteiger partial charge in [0.1, 0.15) is 5.75 Å². The highest BCUT2D eigenvalue weighted by Gasteiger charge is 2.34. The van der Waals surface area contributed by atoms with Crippen molar-refractivity contribution in [2.75, 3.05) is 38.7 Å². The Labute approximate surface area is 143 Å². The third-order valence-corrected chi connectivity index (χ3v) is 3.78. The number of nitrogens with zero attached hydrogens (tertiary/aromatic N) is 1. The monoisotopic (exact) mass is 341 g/mol. The lowest BCUT2D eigenvalue weighted by Gasteiger charge is -2.17. The number of nitrogens with one attached hydrogen (secondary N) is 2. The van der Waals surface area contributed by atoms with Crippen LogP contribution in [-0.4, -0.2) is 45.6 Å². The Morgan fingerprint density at radius 3 is 2.61 bits per heavy atom. The smallest absolute Gasteiger partial charge is 0.227 e. The normalized spacial score (nSPS) is 16.9. The van der Waals surface area contributed by atoms with Gasteiger partial charge in [-0.2, -0.15) is 0 Å². The summed E-state index contributed by atoms with van der Waals surface area (Å²) in [7, 11) is 3.48. The average molecular weight is 342 g/mol. The first-order valence-electron chi connectivity index (χ1n) is 7.52. The van der Waals surface area contributed by atoms with E-state index < -0.39 is 0 Å². The van der Waals surface area contributed by atoms with E-state index in [2.05, 4.69) is 10.6 Å². The van der Waals surface area contributed by atoms with Crippen molar-refractivity contribution in [3.8, 4) is 5.75 Å². The number of ether oxygens (including phenoxy) is 1. The van der Waals surface area contributed by atoms with Crippen LogP contribution >= 0.6 is 12.4 Å². The van der Waals surface area contributed by atoms with E-state index in [-0.39, 0.29) is 36.6 Å². The number of halogens is 1. The molecule has 1 aromatic carbocycles. The second kappa shape index (κ2) is 9.37. The lowest BCUT2D eigenvalue weighted by Crippen LogP contribution is -2.34. The Kier molecular flexibility index (Phi) is 7.85. The van der Waals surface area contributed by atoms with Crippen LogP contribution in [0.3, 0.4) is 0 Å². The molecule has 1 saturated heterocycles. The van der Waals surface area contributed by atoms with Gasteiger partial charge in [-0.1, -0.05) is 0 Å². The van der Waals surface area contributed by atoms with E-state index in [0.29, 0.717) is 13.1 Å². The Balaban J connectivity index is 0.00000264. The Morgan fingerprint density at radius 1 is 1.30 bits per heavy atom. The Bertz CT molecular complexity index is 522. The summed E-state index contributed by atoms with van der Waals surface area (Å²) in [6.07, 6.45) is 1.15. The number of hydrogen-bond donors (Lipinski definition) is 2.